The second-order valence-corrected chi connectivity index (χ2v) is 5.07. The topological polar surface area (TPSA) is 51.4 Å². The Kier molecular flexibility index (Phi) is 4.43. The SMILES string of the molecule is CCC1COC(C)CN1c1ccc(Cl)c(CN)n1. The highest BCUT2D eigenvalue weighted by molar-refractivity contribution is 6.31. The lowest BCUT2D eigenvalue weighted by molar-refractivity contribution is 0.0296. The van der Waals surface area contributed by atoms with Gasteiger partial charge < -0.3 is 15.4 Å². The Balaban J connectivity index is 2.27. The highest BCUT2D eigenvalue weighted by Gasteiger charge is 2.26. The van der Waals surface area contributed by atoms with Crippen molar-refractivity contribution in [2.75, 3.05) is 18.1 Å². The molecule has 100 valence electrons. The Morgan fingerprint density at radius 1 is 1.56 bits per heavy atom. The third kappa shape index (κ3) is 2.76. The predicted molar refractivity (Wildman–Crippen MR) is 74.0 cm³/mol. The number of hydrogen-bond donors (Lipinski definition) is 1. The molecule has 1 saturated heterocycles. The summed E-state index contributed by atoms with van der Waals surface area (Å²) < 4.78 is 5.69. The standard InChI is InChI=1S/C13H20ClN3O/c1-3-10-8-18-9(2)7-17(10)13-5-4-11(14)12(6-15)16-13/h4-5,9-10H,3,6-8,15H2,1-2H3. The third-order valence-corrected chi connectivity index (χ3v) is 3.67. The predicted octanol–water partition coefficient (Wildman–Crippen LogP) is 2.20. The van der Waals surface area contributed by atoms with E-state index in [0.29, 0.717) is 17.6 Å². The van der Waals surface area contributed by atoms with Gasteiger partial charge in [-0.25, -0.2) is 4.98 Å². The molecule has 0 saturated carbocycles. The van der Waals surface area contributed by atoms with Crippen molar-refractivity contribution in [3.8, 4) is 0 Å². The van der Waals surface area contributed by atoms with Crippen molar-refractivity contribution >= 4 is 17.4 Å². The summed E-state index contributed by atoms with van der Waals surface area (Å²) in [6.45, 7) is 6.22. The van der Waals surface area contributed by atoms with E-state index in [1.807, 2.05) is 12.1 Å². The highest BCUT2D eigenvalue weighted by atomic mass is 35.5. The van der Waals surface area contributed by atoms with Gasteiger partial charge in [-0.05, 0) is 25.5 Å². The maximum atomic E-state index is 6.05. The Bertz CT molecular complexity index is 413. The van der Waals surface area contributed by atoms with E-state index in [2.05, 4.69) is 23.7 Å². The van der Waals surface area contributed by atoms with E-state index >= 15 is 0 Å². The van der Waals surface area contributed by atoms with Crippen molar-refractivity contribution in [2.24, 2.45) is 5.73 Å². The normalized spacial score (nSPS) is 24.3. The van der Waals surface area contributed by atoms with Gasteiger partial charge in [-0.2, -0.15) is 0 Å². The molecule has 5 heteroatoms. The number of hydrogen-bond acceptors (Lipinski definition) is 4. The summed E-state index contributed by atoms with van der Waals surface area (Å²) >= 11 is 6.05. The lowest BCUT2D eigenvalue weighted by Crippen LogP contribution is -2.49. The van der Waals surface area contributed by atoms with Gasteiger partial charge in [-0.1, -0.05) is 18.5 Å². The van der Waals surface area contributed by atoms with Crippen LogP contribution < -0.4 is 10.6 Å². The van der Waals surface area contributed by atoms with Gasteiger partial charge in [0.05, 0.1) is 29.5 Å². The highest BCUT2D eigenvalue weighted by Crippen LogP contribution is 2.24. The van der Waals surface area contributed by atoms with Crippen molar-refractivity contribution in [3.63, 3.8) is 0 Å². The van der Waals surface area contributed by atoms with E-state index in [1.165, 1.54) is 0 Å². The average Bonchev–Trinajstić information content (AvgIpc) is 2.39. The van der Waals surface area contributed by atoms with Crippen LogP contribution in [0, 0.1) is 0 Å². The molecular weight excluding hydrogens is 250 g/mol. The van der Waals surface area contributed by atoms with Gasteiger partial charge >= 0.3 is 0 Å². The first-order valence-electron chi connectivity index (χ1n) is 6.39. The Labute approximate surface area is 113 Å². The van der Waals surface area contributed by atoms with Crippen molar-refractivity contribution in [1.29, 1.82) is 0 Å². The fraction of sp³-hybridized carbons (Fsp3) is 0.615. The third-order valence-electron chi connectivity index (χ3n) is 3.33. The number of ether oxygens (including phenoxy) is 1. The van der Waals surface area contributed by atoms with Gasteiger partial charge in [0.15, 0.2) is 0 Å². The van der Waals surface area contributed by atoms with Gasteiger partial charge in [0.2, 0.25) is 0 Å². The van der Waals surface area contributed by atoms with E-state index in [9.17, 15) is 0 Å². The van der Waals surface area contributed by atoms with Crippen LogP contribution >= 0.6 is 11.6 Å². The van der Waals surface area contributed by atoms with Gasteiger partial charge in [0, 0.05) is 13.1 Å². The Morgan fingerprint density at radius 2 is 2.33 bits per heavy atom. The number of nitrogens with zero attached hydrogens (tertiary/aromatic N) is 2. The van der Waals surface area contributed by atoms with Crippen molar-refractivity contribution in [2.45, 2.75) is 39.0 Å². The zero-order valence-corrected chi connectivity index (χ0v) is 11.7. The van der Waals surface area contributed by atoms with Crippen LogP contribution in [0.5, 0.6) is 0 Å². The summed E-state index contributed by atoms with van der Waals surface area (Å²) in [7, 11) is 0. The summed E-state index contributed by atoms with van der Waals surface area (Å²) in [6.07, 6.45) is 1.27. The van der Waals surface area contributed by atoms with Gasteiger partial charge in [0.25, 0.3) is 0 Å². The number of halogens is 1. The molecule has 2 unspecified atom stereocenters. The summed E-state index contributed by atoms with van der Waals surface area (Å²) in [6, 6.07) is 4.21. The van der Waals surface area contributed by atoms with Crippen LogP contribution in [0.25, 0.3) is 0 Å². The summed E-state index contributed by atoms with van der Waals surface area (Å²) in [5.41, 5.74) is 6.41. The second kappa shape index (κ2) is 5.87. The zero-order chi connectivity index (χ0) is 13.1. The fourth-order valence-electron chi connectivity index (χ4n) is 2.24. The summed E-state index contributed by atoms with van der Waals surface area (Å²) in [5.74, 6) is 0.946. The molecule has 2 N–H and O–H groups in total. The largest absolute Gasteiger partial charge is 0.375 e. The van der Waals surface area contributed by atoms with Crippen LogP contribution in [0.2, 0.25) is 5.02 Å². The van der Waals surface area contributed by atoms with E-state index in [4.69, 9.17) is 22.1 Å². The molecule has 0 amide bonds. The van der Waals surface area contributed by atoms with E-state index in [1.54, 1.807) is 0 Å². The van der Waals surface area contributed by atoms with Crippen LogP contribution in [0.4, 0.5) is 5.82 Å². The number of morpholine rings is 1. The minimum absolute atomic E-state index is 0.228. The molecule has 2 rings (SSSR count). The number of rotatable bonds is 3. The lowest BCUT2D eigenvalue weighted by Gasteiger charge is -2.39. The molecule has 1 fully saturated rings. The van der Waals surface area contributed by atoms with Gasteiger partial charge in [0.1, 0.15) is 5.82 Å². The first kappa shape index (κ1) is 13.6. The molecule has 0 aromatic carbocycles. The van der Waals surface area contributed by atoms with E-state index < -0.39 is 0 Å². The minimum atomic E-state index is 0.228. The Hall–Kier alpha value is -0.840. The molecule has 2 atom stereocenters. The van der Waals surface area contributed by atoms with Crippen molar-refractivity contribution < 1.29 is 4.74 Å². The van der Waals surface area contributed by atoms with Gasteiger partial charge in [-0.15, -0.1) is 0 Å². The van der Waals surface area contributed by atoms with Crippen LogP contribution in [0.3, 0.4) is 0 Å². The van der Waals surface area contributed by atoms with Crippen molar-refractivity contribution in [3.05, 3.63) is 22.8 Å². The summed E-state index contributed by atoms with van der Waals surface area (Å²) in [4.78, 5) is 6.86. The molecule has 1 aromatic rings. The number of pyridine rings is 1. The molecule has 0 bridgehead atoms. The van der Waals surface area contributed by atoms with Crippen molar-refractivity contribution in [1.82, 2.24) is 4.98 Å². The monoisotopic (exact) mass is 269 g/mol. The van der Waals surface area contributed by atoms with Crippen LogP contribution in [0.15, 0.2) is 12.1 Å². The number of anilines is 1. The molecular formula is C13H20ClN3O. The second-order valence-electron chi connectivity index (χ2n) is 4.66. The Morgan fingerprint density at radius 3 is 3.00 bits per heavy atom. The van der Waals surface area contributed by atoms with Crippen LogP contribution in [-0.4, -0.2) is 30.3 Å². The minimum Gasteiger partial charge on any atom is -0.375 e. The van der Waals surface area contributed by atoms with E-state index in [0.717, 1.165) is 31.1 Å². The molecule has 2 heterocycles. The van der Waals surface area contributed by atoms with Crippen LogP contribution in [0.1, 0.15) is 26.0 Å². The maximum Gasteiger partial charge on any atom is 0.129 e. The molecule has 4 nitrogen and oxygen atoms in total. The number of aromatic nitrogens is 1. The smallest absolute Gasteiger partial charge is 0.129 e. The van der Waals surface area contributed by atoms with Gasteiger partial charge in [-0.3, -0.25) is 0 Å². The fourth-order valence-corrected chi connectivity index (χ4v) is 2.42. The molecule has 1 aliphatic rings. The molecule has 18 heavy (non-hydrogen) atoms. The molecule has 0 radical (unpaired) electrons. The lowest BCUT2D eigenvalue weighted by atomic mass is 10.1. The molecule has 1 aromatic heterocycles. The van der Waals surface area contributed by atoms with Crippen LogP contribution in [-0.2, 0) is 11.3 Å². The average molecular weight is 270 g/mol. The quantitative estimate of drug-likeness (QED) is 0.914. The zero-order valence-electron chi connectivity index (χ0n) is 10.9. The van der Waals surface area contributed by atoms with E-state index in [-0.39, 0.29) is 6.10 Å². The summed E-state index contributed by atoms with van der Waals surface area (Å²) in [5, 5.41) is 0.635. The first-order chi connectivity index (χ1) is 8.65. The number of nitrogens with two attached hydrogens (primary N) is 1. The molecule has 0 aliphatic carbocycles. The molecule has 1 aliphatic heterocycles. The maximum absolute atomic E-state index is 6.05. The molecule has 0 spiro atoms. The first-order valence-corrected chi connectivity index (χ1v) is 6.77.